The Kier molecular flexibility index (Phi) is 4.90. The molecular formula is C14H17BO6. The first-order valence-electron chi connectivity index (χ1n) is 6.32. The van der Waals surface area contributed by atoms with Gasteiger partial charge in [-0.25, -0.2) is 0 Å². The van der Waals surface area contributed by atoms with Crippen LogP contribution in [0.3, 0.4) is 0 Å². The fourth-order valence-electron chi connectivity index (χ4n) is 2.11. The number of ether oxygens (including phenoxy) is 3. The van der Waals surface area contributed by atoms with Crippen molar-refractivity contribution in [1.29, 1.82) is 0 Å². The van der Waals surface area contributed by atoms with E-state index in [2.05, 4.69) is 0 Å². The molecule has 2 N–H and O–H groups in total. The van der Waals surface area contributed by atoms with Crippen LogP contribution in [-0.2, 0) is 4.74 Å². The van der Waals surface area contributed by atoms with Gasteiger partial charge in [0, 0.05) is 12.5 Å². The summed E-state index contributed by atoms with van der Waals surface area (Å²) in [6.45, 7) is 1.80. The van der Waals surface area contributed by atoms with Crippen molar-refractivity contribution in [3.05, 3.63) is 29.8 Å². The van der Waals surface area contributed by atoms with E-state index in [9.17, 15) is 0 Å². The second-order valence-electron chi connectivity index (χ2n) is 4.43. The minimum atomic E-state index is -1.93. The topological polar surface area (TPSA) is 77.4 Å². The summed E-state index contributed by atoms with van der Waals surface area (Å²) in [5.74, 6) is 1.37. The van der Waals surface area contributed by atoms with Crippen molar-refractivity contribution in [1.82, 2.24) is 0 Å². The van der Waals surface area contributed by atoms with Crippen LogP contribution >= 0.6 is 0 Å². The molecule has 0 fully saturated rings. The number of benzene rings is 2. The summed E-state index contributed by atoms with van der Waals surface area (Å²) >= 11 is 0. The second-order valence-corrected chi connectivity index (χ2v) is 4.43. The van der Waals surface area contributed by atoms with Crippen LogP contribution in [0.25, 0.3) is 10.8 Å². The molecule has 2 aromatic carbocycles. The van der Waals surface area contributed by atoms with Crippen LogP contribution in [0.5, 0.6) is 17.2 Å². The smallest absolute Gasteiger partial charge is 0.509 e. The Balaban J connectivity index is 2.61. The Hall–Kier alpha value is -1.96. The molecule has 2 rings (SSSR count). The van der Waals surface area contributed by atoms with E-state index in [1.807, 2.05) is 18.2 Å². The van der Waals surface area contributed by atoms with Gasteiger partial charge in [0.05, 0.1) is 7.11 Å². The monoisotopic (exact) mass is 292 g/mol. The molecule has 7 heteroatoms. The molecule has 0 amide bonds. The summed E-state index contributed by atoms with van der Waals surface area (Å²) in [7, 11) is 1.17. The molecule has 0 unspecified atom stereocenters. The van der Waals surface area contributed by atoms with Crippen molar-refractivity contribution in [2.75, 3.05) is 21.0 Å². The summed E-state index contributed by atoms with van der Waals surface area (Å²) < 4.78 is 20.7. The number of hydrogen-bond acceptors (Lipinski definition) is 6. The second kappa shape index (κ2) is 6.67. The number of rotatable bonds is 6. The molecule has 2 aromatic rings. The minimum absolute atomic E-state index is 0.0163. The molecule has 21 heavy (non-hydrogen) atoms. The normalized spacial score (nSPS) is 10.5. The predicted octanol–water partition coefficient (Wildman–Crippen LogP) is 1.49. The maximum Gasteiger partial charge on any atom is 0.707 e. The van der Waals surface area contributed by atoms with Crippen molar-refractivity contribution in [2.45, 2.75) is 6.92 Å². The van der Waals surface area contributed by atoms with Crippen LogP contribution in [0, 0.1) is 6.92 Å². The number of methoxy groups -OCH3 is 2. The van der Waals surface area contributed by atoms with Crippen molar-refractivity contribution < 1.29 is 28.9 Å². The third-order valence-electron chi connectivity index (χ3n) is 2.98. The first kappa shape index (κ1) is 15.4. The van der Waals surface area contributed by atoms with Crippen LogP contribution in [0.4, 0.5) is 0 Å². The summed E-state index contributed by atoms with van der Waals surface area (Å²) in [6, 6.07) is 7.32. The molecule has 0 aliphatic rings. The molecule has 0 bridgehead atoms. The third kappa shape index (κ3) is 3.39. The first-order chi connectivity index (χ1) is 10.1. The third-order valence-corrected chi connectivity index (χ3v) is 2.98. The van der Waals surface area contributed by atoms with Crippen molar-refractivity contribution in [2.24, 2.45) is 0 Å². The fraction of sp³-hybridized carbons (Fsp3) is 0.286. The van der Waals surface area contributed by atoms with Crippen LogP contribution < -0.4 is 14.1 Å². The van der Waals surface area contributed by atoms with E-state index in [1.54, 1.807) is 20.1 Å². The molecule has 0 aliphatic heterocycles. The molecule has 0 spiro atoms. The Bertz CT molecular complexity index is 628. The van der Waals surface area contributed by atoms with Gasteiger partial charge >= 0.3 is 7.32 Å². The number of fused-ring (bicyclic) bond motifs is 1. The van der Waals surface area contributed by atoms with E-state index in [4.69, 9.17) is 28.9 Å². The largest absolute Gasteiger partial charge is 0.707 e. The predicted molar refractivity (Wildman–Crippen MR) is 78.6 cm³/mol. The Labute approximate surface area is 123 Å². The molecule has 0 heterocycles. The van der Waals surface area contributed by atoms with Crippen molar-refractivity contribution in [3.63, 3.8) is 0 Å². The van der Waals surface area contributed by atoms with E-state index in [0.29, 0.717) is 11.3 Å². The Morgan fingerprint density at radius 1 is 1.10 bits per heavy atom. The van der Waals surface area contributed by atoms with Gasteiger partial charge in [-0.05, 0) is 42.1 Å². The van der Waals surface area contributed by atoms with E-state index in [0.717, 1.165) is 16.5 Å². The summed E-state index contributed by atoms with van der Waals surface area (Å²) in [6.07, 6.45) is 0. The van der Waals surface area contributed by atoms with E-state index < -0.39 is 7.32 Å². The molecular weight excluding hydrogens is 275 g/mol. The van der Waals surface area contributed by atoms with Crippen molar-refractivity contribution in [3.8, 4) is 17.2 Å². The fourth-order valence-corrected chi connectivity index (χ4v) is 2.11. The first-order valence-corrected chi connectivity index (χ1v) is 6.32. The van der Waals surface area contributed by atoms with Gasteiger partial charge in [0.2, 0.25) is 0 Å². The van der Waals surface area contributed by atoms with E-state index >= 15 is 0 Å². The maximum absolute atomic E-state index is 9.06. The molecule has 0 atom stereocenters. The molecule has 6 nitrogen and oxygen atoms in total. The molecule has 0 saturated carbocycles. The highest BCUT2D eigenvalue weighted by Gasteiger charge is 2.20. The molecule has 0 aromatic heterocycles. The van der Waals surface area contributed by atoms with Crippen LogP contribution in [0.15, 0.2) is 24.3 Å². The van der Waals surface area contributed by atoms with Gasteiger partial charge in [-0.15, -0.1) is 0 Å². The number of aryl methyl sites for hydroxylation is 1. The Morgan fingerprint density at radius 3 is 2.48 bits per heavy atom. The van der Waals surface area contributed by atoms with Gasteiger partial charge in [0.1, 0.15) is 11.5 Å². The zero-order valence-electron chi connectivity index (χ0n) is 12.1. The lowest BCUT2D eigenvalue weighted by Gasteiger charge is -2.17. The zero-order valence-corrected chi connectivity index (χ0v) is 12.1. The van der Waals surface area contributed by atoms with Gasteiger partial charge < -0.3 is 28.9 Å². The van der Waals surface area contributed by atoms with E-state index in [1.165, 1.54) is 7.11 Å². The quantitative estimate of drug-likeness (QED) is 0.620. The highest BCUT2D eigenvalue weighted by molar-refractivity contribution is 6.34. The average Bonchev–Trinajstić information content (AvgIpc) is 2.46. The van der Waals surface area contributed by atoms with E-state index in [-0.39, 0.29) is 12.5 Å². The minimum Gasteiger partial charge on any atom is -0.509 e. The summed E-state index contributed by atoms with van der Waals surface area (Å²) in [5.41, 5.74) is 0.704. The lowest BCUT2D eigenvalue weighted by molar-refractivity contribution is 0.0505. The van der Waals surface area contributed by atoms with Gasteiger partial charge in [-0.2, -0.15) is 0 Å². The van der Waals surface area contributed by atoms with Crippen molar-refractivity contribution >= 4 is 18.1 Å². The van der Waals surface area contributed by atoms with Crippen LogP contribution in [0.2, 0.25) is 0 Å². The molecule has 0 radical (unpaired) electrons. The van der Waals surface area contributed by atoms with Gasteiger partial charge in [0.15, 0.2) is 12.5 Å². The molecule has 112 valence electrons. The summed E-state index contributed by atoms with van der Waals surface area (Å²) in [4.78, 5) is 0. The lowest BCUT2D eigenvalue weighted by Crippen LogP contribution is -2.21. The van der Waals surface area contributed by atoms with Crippen LogP contribution in [0.1, 0.15) is 5.56 Å². The van der Waals surface area contributed by atoms with Gasteiger partial charge in [0.25, 0.3) is 0 Å². The Morgan fingerprint density at radius 2 is 1.86 bits per heavy atom. The van der Waals surface area contributed by atoms with Crippen LogP contribution in [-0.4, -0.2) is 38.4 Å². The molecule has 0 saturated heterocycles. The maximum atomic E-state index is 9.06. The SMILES string of the molecule is COCOc1c(OB(O)O)c(C)cc2cc(OC)ccc12. The highest BCUT2D eigenvalue weighted by Crippen LogP contribution is 2.40. The highest BCUT2D eigenvalue weighted by atomic mass is 16.7. The summed E-state index contributed by atoms with van der Waals surface area (Å²) in [5, 5.41) is 19.8. The number of hydrogen-bond donors (Lipinski definition) is 2. The zero-order chi connectivity index (χ0) is 15.4. The average molecular weight is 292 g/mol. The lowest BCUT2D eigenvalue weighted by atomic mass is 10.0. The van der Waals surface area contributed by atoms with Gasteiger partial charge in [-0.3, -0.25) is 0 Å². The van der Waals surface area contributed by atoms with Gasteiger partial charge in [-0.1, -0.05) is 0 Å². The standard InChI is InChI=1S/C14H17BO6/c1-9-6-10-7-11(19-3)4-5-12(10)14(20-8-18-2)13(9)21-15(16)17/h4-7,16-17H,8H2,1-3H3. The molecule has 0 aliphatic carbocycles.